The molecule has 124 valence electrons. The molecule has 0 saturated carbocycles. The van der Waals surface area contributed by atoms with Gasteiger partial charge in [-0.2, -0.15) is 5.10 Å². The molecule has 7 heteroatoms. The minimum atomic E-state index is -0.247. The minimum absolute atomic E-state index is 0.0372. The normalized spacial score (nSPS) is 10.6. The van der Waals surface area contributed by atoms with E-state index in [9.17, 15) is 9.59 Å². The second-order valence-electron chi connectivity index (χ2n) is 5.41. The molecule has 2 aromatic rings. The molecule has 2 N–H and O–H groups in total. The summed E-state index contributed by atoms with van der Waals surface area (Å²) in [7, 11) is 1.88. The van der Waals surface area contributed by atoms with Crippen molar-refractivity contribution in [3.63, 3.8) is 0 Å². The van der Waals surface area contributed by atoms with Gasteiger partial charge in [-0.15, -0.1) is 0 Å². The lowest BCUT2D eigenvalue weighted by Gasteiger charge is -2.06. The average Bonchev–Trinajstić information content (AvgIpc) is 3.11. The number of nitrogens with zero attached hydrogens (tertiary/aromatic N) is 2. The van der Waals surface area contributed by atoms with E-state index in [1.54, 1.807) is 18.4 Å². The fraction of sp³-hybridized carbons (Fsp3) is 0.438. The van der Waals surface area contributed by atoms with E-state index in [-0.39, 0.29) is 18.4 Å². The minimum Gasteiger partial charge on any atom is -0.467 e. The van der Waals surface area contributed by atoms with Crippen LogP contribution in [0.3, 0.4) is 0 Å². The van der Waals surface area contributed by atoms with Crippen LogP contribution in [0.5, 0.6) is 0 Å². The Bertz CT molecular complexity index is 674. The molecule has 2 heterocycles. The highest BCUT2D eigenvalue weighted by atomic mass is 16.3. The Morgan fingerprint density at radius 1 is 1.26 bits per heavy atom. The van der Waals surface area contributed by atoms with Crippen LogP contribution in [0.4, 0.5) is 0 Å². The van der Waals surface area contributed by atoms with Crippen LogP contribution in [0.2, 0.25) is 0 Å². The van der Waals surface area contributed by atoms with Gasteiger partial charge in [0.05, 0.1) is 25.0 Å². The van der Waals surface area contributed by atoms with Crippen molar-refractivity contribution in [1.29, 1.82) is 0 Å². The fourth-order valence-electron chi connectivity index (χ4n) is 2.35. The third kappa shape index (κ3) is 4.70. The molecule has 0 fully saturated rings. The number of aryl methyl sites for hydroxylation is 2. The van der Waals surface area contributed by atoms with Crippen molar-refractivity contribution in [2.24, 2.45) is 7.05 Å². The van der Waals surface area contributed by atoms with Crippen LogP contribution in [0.15, 0.2) is 22.8 Å². The molecular formula is C16H22N4O3. The topological polar surface area (TPSA) is 89.2 Å². The Labute approximate surface area is 135 Å². The van der Waals surface area contributed by atoms with Gasteiger partial charge in [-0.1, -0.05) is 0 Å². The maximum atomic E-state index is 11.8. The van der Waals surface area contributed by atoms with Gasteiger partial charge in [0, 0.05) is 19.2 Å². The fourth-order valence-corrected chi connectivity index (χ4v) is 2.35. The number of rotatable bonds is 7. The van der Waals surface area contributed by atoms with Crippen LogP contribution in [-0.4, -0.2) is 28.1 Å². The number of amides is 2. The lowest BCUT2D eigenvalue weighted by Crippen LogP contribution is -2.36. The quantitative estimate of drug-likeness (QED) is 0.797. The lowest BCUT2D eigenvalue weighted by atomic mass is 10.1. The summed E-state index contributed by atoms with van der Waals surface area (Å²) in [5.74, 6) is 0.275. The van der Waals surface area contributed by atoms with Gasteiger partial charge in [0.15, 0.2) is 0 Å². The first-order chi connectivity index (χ1) is 11.0. The summed E-state index contributed by atoms with van der Waals surface area (Å²) in [6.45, 7) is 4.19. The largest absolute Gasteiger partial charge is 0.467 e. The Morgan fingerprint density at radius 3 is 2.65 bits per heavy atom. The van der Waals surface area contributed by atoms with Gasteiger partial charge in [-0.3, -0.25) is 14.3 Å². The van der Waals surface area contributed by atoms with Crippen LogP contribution >= 0.6 is 0 Å². The Kier molecular flexibility index (Phi) is 5.56. The number of hydrogen-bond acceptors (Lipinski definition) is 4. The number of carbonyl (C=O) groups is 2. The van der Waals surface area contributed by atoms with Gasteiger partial charge in [-0.25, -0.2) is 0 Å². The number of furan rings is 1. The maximum absolute atomic E-state index is 11.8. The molecule has 0 saturated heterocycles. The van der Waals surface area contributed by atoms with Crippen LogP contribution in [-0.2, 0) is 29.6 Å². The molecule has 0 atom stereocenters. The molecule has 0 aliphatic heterocycles. The molecule has 0 aliphatic rings. The highest BCUT2D eigenvalue weighted by Crippen LogP contribution is 2.13. The van der Waals surface area contributed by atoms with Crippen molar-refractivity contribution < 1.29 is 14.0 Å². The van der Waals surface area contributed by atoms with Gasteiger partial charge >= 0.3 is 0 Å². The van der Waals surface area contributed by atoms with Gasteiger partial charge in [0.1, 0.15) is 5.76 Å². The summed E-state index contributed by atoms with van der Waals surface area (Å²) < 4.78 is 6.92. The summed E-state index contributed by atoms with van der Waals surface area (Å²) >= 11 is 0. The number of carbonyl (C=O) groups excluding carboxylic acids is 2. The van der Waals surface area contributed by atoms with E-state index in [1.807, 2.05) is 25.6 Å². The monoisotopic (exact) mass is 318 g/mol. The van der Waals surface area contributed by atoms with Crippen molar-refractivity contribution in [1.82, 2.24) is 20.4 Å². The van der Waals surface area contributed by atoms with E-state index in [2.05, 4.69) is 15.7 Å². The molecule has 0 aromatic carbocycles. The molecular weight excluding hydrogens is 296 g/mol. The Balaban J connectivity index is 1.69. The summed E-state index contributed by atoms with van der Waals surface area (Å²) in [5, 5.41) is 9.62. The number of nitrogens with one attached hydrogen (secondary N) is 2. The molecule has 0 radical (unpaired) electrons. The first-order valence-corrected chi connectivity index (χ1v) is 7.52. The highest BCUT2D eigenvalue weighted by molar-refractivity contribution is 5.84. The van der Waals surface area contributed by atoms with Gasteiger partial charge in [0.25, 0.3) is 0 Å². The maximum Gasteiger partial charge on any atom is 0.239 e. The highest BCUT2D eigenvalue weighted by Gasteiger charge is 2.12. The predicted octanol–water partition coefficient (Wildman–Crippen LogP) is 0.995. The second kappa shape index (κ2) is 7.62. The van der Waals surface area contributed by atoms with Gasteiger partial charge < -0.3 is 15.1 Å². The van der Waals surface area contributed by atoms with Crippen molar-refractivity contribution in [3.8, 4) is 0 Å². The van der Waals surface area contributed by atoms with E-state index < -0.39 is 0 Å². The molecule has 0 aliphatic carbocycles. The van der Waals surface area contributed by atoms with Crippen molar-refractivity contribution in [3.05, 3.63) is 41.1 Å². The van der Waals surface area contributed by atoms with E-state index in [0.29, 0.717) is 25.1 Å². The van der Waals surface area contributed by atoms with Crippen LogP contribution in [0, 0.1) is 13.8 Å². The first-order valence-electron chi connectivity index (χ1n) is 7.52. The summed E-state index contributed by atoms with van der Waals surface area (Å²) in [6, 6.07) is 3.53. The molecule has 0 spiro atoms. The number of aromatic nitrogens is 2. The molecule has 7 nitrogen and oxygen atoms in total. The molecule has 23 heavy (non-hydrogen) atoms. The zero-order valence-electron chi connectivity index (χ0n) is 13.7. The van der Waals surface area contributed by atoms with E-state index in [0.717, 1.165) is 17.0 Å². The summed E-state index contributed by atoms with van der Waals surface area (Å²) in [5.41, 5.74) is 3.09. The van der Waals surface area contributed by atoms with Gasteiger partial charge in [0.2, 0.25) is 11.8 Å². The molecule has 0 bridgehead atoms. The molecule has 2 aromatic heterocycles. The summed E-state index contributed by atoms with van der Waals surface area (Å²) in [6.07, 6.45) is 2.50. The Hall–Kier alpha value is -2.57. The lowest BCUT2D eigenvalue weighted by molar-refractivity contribution is -0.126. The van der Waals surface area contributed by atoms with Crippen LogP contribution < -0.4 is 10.6 Å². The van der Waals surface area contributed by atoms with E-state index in [4.69, 9.17) is 4.42 Å². The molecule has 2 amide bonds. The van der Waals surface area contributed by atoms with Crippen molar-refractivity contribution in [2.45, 2.75) is 33.2 Å². The smallest absolute Gasteiger partial charge is 0.239 e. The third-order valence-electron chi connectivity index (χ3n) is 3.75. The van der Waals surface area contributed by atoms with Gasteiger partial charge in [-0.05, 0) is 38.0 Å². The predicted molar refractivity (Wildman–Crippen MR) is 84.6 cm³/mol. The standard InChI is InChI=1S/C16H22N4O3/c1-11-14(12(2)20(3)19-11)6-7-15(21)18-10-16(22)17-9-13-5-4-8-23-13/h4-5,8H,6-7,9-10H2,1-3H3,(H,17,22)(H,18,21). The third-order valence-corrected chi connectivity index (χ3v) is 3.75. The SMILES string of the molecule is Cc1nn(C)c(C)c1CCC(=O)NCC(=O)NCc1ccco1. The van der Waals surface area contributed by atoms with Crippen molar-refractivity contribution in [2.75, 3.05) is 6.54 Å². The number of hydrogen-bond donors (Lipinski definition) is 2. The van der Waals surface area contributed by atoms with Crippen molar-refractivity contribution >= 4 is 11.8 Å². The van der Waals surface area contributed by atoms with E-state index in [1.165, 1.54) is 0 Å². The Morgan fingerprint density at radius 2 is 2.04 bits per heavy atom. The zero-order chi connectivity index (χ0) is 16.8. The average molecular weight is 318 g/mol. The molecule has 0 unspecified atom stereocenters. The second-order valence-corrected chi connectivity index (χ2v) is 5.41. The van der Waals surface area contributed by atoms with E-state index >= 15 is 0 Å². The zero-order valence-corrected chi connectivity index (χ0v) is 13.7. The molecule has 2 rings (SSSR count). The summed E-state index contributed by atoms with van der Waals surface area (Å²) in [4.78, 5) is 23.5. The van der Waals surface area contributed by atoms with Crippen LogP contribution in [0.25, 0.3) is 0 Å². The van der Waals surface area contributed by atoms with Crippen LogP contribution in [0.1, 0.15) is 29.1 Å². The first kappa shape index (κ1) is 16.8.